The second-order valence-electron chi connectivity index (χ2n) is 3.48. The first kappa shape index (κ1) is 13.2. The topological polar surface area (TPSA) is 61.8 Å². The van der Waals surface area contributed by atoms with Crippen molar-refractivity contribution in [1.82, 2.24) is 0 Å². The number of thioether (sulfide) groups is 1. The lowest BCUT2D eigenvalue weighted by Gasteiger charge is -2.15. The number of hydrogen-bond donors (Lipinski definition) is 2. The van der Waals surface area contributed by atoms with Crippen molar-refractivity contribution < 1.29 is 0 Å². The number of rotatable bonds is 5. The van der Waals surface area contributed by atoms with Gasteiger partial charge in [-0.15, -0.1) is 23.1 Å². The van der Waals surface area contributed by atoms with Crippen LogP contribution in [0.4, 0.5) is 10.7 Å². The van der Waals surface area contributed by atoms with E-state index in [1.54, 1.807) is 11.8 Å². The minimum atomic E-state index is 0.454. The van der Waals surface area contributed by atoms with Crippen molar-refractivity contribution in [2.24, 2.45) is 0 Å². The summed E-state index contributed by atoms with van der Waals surface area (Å²) in [6, 6.07) is 2.59. The first-order valence-corrected chi connectivity index (χ1v) is 7.34. The van der Waals surface area contributed by atoms with Crippen molar-refractivity contribution >= 4 is 33.8 Å². The van der Waals surface area contributed by atoms with E-state index in [0.717, 1.165) is 22.7 Å². The Hall–Kier alpha value is -0.860. The molecule has 0 spiro atoms. The molecule has 0 radical (unpaired) electrons. The van der Waals surface area contributed by atoms with Gasteiger partial charge >= 0.3 is 0 Å². The Morgan fingerprint density at radius 2 is 2.12 bits per heavy atom. The van der Waals surface area contributed by atoms with Crippen molar-refractivity contribution in [3.8, 4) is 6.07 Å². The fourth-order valence-corrected chi connectivity index (χ4v) is 3.38. The number of nitriles is 1. The van der Waals surface area contributed by atoms with E-state index >= 15 is 0 Å². The summed E-state index contributed by atoms with van der Waals surface area (Å²) in [7, 11) is 0. The van der Waals surface area contributed by atoms with Crippen LogP contribution >= 0.6 is 23.1 Å². The molecule has 0 amide bonds. The molecule has 0 atom stereocenters. The van der Waals surface area contributed by atoms with Gasteiger partial charge in [0, 0.05) is 6.04 Å². The summed E-state index contributed by atoms with van der Waals surface area (Å²) in [6.45, 7) is 4.31. The number of nitrogens with one attached hydrogen (secondary N) is 1. The lowest BCUT2D eigenvalue weighted by molar-refractivity contribution is 0.672. The van der Waals surface area contributed by atoms with Crippen LogP contribution in [0.3, 0.4) is 0 Å². The number of thiophene rings is 1. The SMILES string of the molecule is CCC(CC)Nc1sc(C#N)c(N)c1SC. The third-order valence-corrected chi connectivity index (χ3v) is 4.53. The third-order valence-electron chi connectivity index (χ3n) is 2.53. The second-order valence-corrected chi connectivity index (χ2v) is 5.31. The molecule has 1 rings (SSSR count). The molecule has 0 unspecified atom stereocenters. The monoisotopic (exact) mass is 255 g/mol. The summed E-state index contributed by atoms with van der Waals surface area (Å²) in [5, 5.41) is 13.4. The van der Waals surface area contributed by atoms with Gasteiger partial charge in [-0.2, -0.15) is 5.26 Å². The van der Waals surface area contributed by atoms with Gasteiger partial charge in [0.2, 0.25) is 0 Å². The summed E-state index contributed by atoms with van der Waals surface area (Å²) in [4.78, 5) is 1.62. The normalized spacial score (nSPS) is 10.4. The van der Waals surface area contributed by atoms with Crippen LogP contribution in [0.5, 0.6) is 0 Å². The van der Waals surface area contributed by atoms with Gasteiger partial charge in [-0.25, -0.2) is 0 Å². The molecule has 0 aliphatic carbocycles. The van der Waals surface area contributed by atoms with Crippen LogP contribution in [0.25, 0.3) is 0 Å². The summed E-state index contributed by atoms with van der Waals surface area (Å²) in [5.41, 5.74) is 6.53. The molecule has 0 fully saturated rings. The van der Waals surface area contributed by atoms with Crippen molar-refractivity contribution in [3.63, 3.8) is 0 Å². The Kier molecular flexibility index (Phi) is 4.97. The van der Waals surface area contributed by atoms with E-state index in [0.29, 0.717) is 16.6 Å². The van der Waals surface area contributed by atoms with Crippen LogP contribution in [0.15, 0.2) is 4.90 Å². The third kappa shape index (κ3) is 2.63. The van der Waals surface area contributed by atoms with Gasteiger partial charge in [-0.3, -0.25) is 0 Å². The maximum Gasteiger partial charge on any atom is 0.131 e. The number of hydrogen-bond acceptors (Lipinski definition) is 5. The van der Waals surface area contributed by atoms with E-state index in [9.17, 15) is 0 Å². The number of nitrogen functional groups attached to an aromatic ring is 1. The lowest BCUT2D eigenvalue weighted by atomic mass is 10.2. The Labute approximate surface area is 105 Å². The Morgan fingerprint density at radius 1 is 1.50 bits per heavy atom. The van der Waals surface area contributed by atoms with Gasteiger partial charge in [0.1, 0.15) is 15.9 Å². The molecule has 16 heavy (non-hydrogen) atoms. The van der Waals surface area contributed by atoms with Crippen LogP contribution in [0.2, 0.25) is 0 Å². The molecular formula is C11H17N3S2. The van der Waals surface area contributed by atoms with E-state index in [-0.39, 0.29) is 0 Å². The largest absolute Gasteiger partial charge is 0.396 e. The Morgan fingerprint density at radius 3 is 2.56 bits per heavy atom. The van der Waals surface area contributed by atoms with Gasteiger partial charge in [0.05, 0.1) is 10.6 Å². The molecule has 1 aromatic heterocycles. The summed E-state index contributed by atoms with van der Waals surface area (Å²) < 4.78 is 0. The summed E-state index contributed by atoms with van der Waals surface area (Å²) in [5.74, 6) is 0. The van der Waals surface area contributed by atoms with Crippen molar-refractivity contribution in [3.05, 3.63) is 4.88 Å². The van der Waals surface area contributed by atoms with Crippen LogP contribution in [0.1, 0.15) is 31.6 Å². The molecule has 3 nitrogen and oxygen atoms in total. The van der Waals surface area contributed by atoms with E-state index in [2.05, 4.69) is 25.2 Å². The average molecular weight is 255 g/mol. The van der Waals surface area contributed by atoms with E-state index in [1.807, 2.05) is 6.26 Å². The highest BCUT2D eigenvalue weighted by Crippen LogP contribution is 2.41. The molecule has 1 heterocycles. The second kappa shape index (κ2) is 6.02. The smallest absolute Gasteiger partial charge is 0.131 e. The molecule has 0 aliphatic heterocycles. The maximum atomic E-state index is 8.94. The first-order chi connectivity index (χ1) is 7.67. The molecule has 88 valence electrons. The average Bonchev–Trinajstić information content (AvgIpc) is 2.61. The fraction of sp³-hybridized carbons (Fsp3) is 0.545. The van der Waals surface area contributed by atoms with Crippen LogP contribution < -0.4 is 11.1 Å². The zero-order chi connectivity index (χ0) is 12.1. The number of nitrogens with two attached hydrogens (primary N) is 1. The summed E-state index contributed by atoms with van der Waals surface area (Å²) >= 11 is 3.04. The highest BCUT2D eigenvalue weighted by Gasteiger charge is 2.16. The van der Waals surface area contributed by atoms with E-state index in [4.69, 9.17) is 11.0 Å². The first-order valence-electron chi connectivity index (χ1n) is 5.30. The van der Waals surface area contributed by atoms with Gasteiger partial charge < -0.3 is 11.1 Å². The van der Waals surface area contributed by atoms with Crippen LogP contribution in [-0.4, -0.2) is 12.3 Å². The van der Waals surface area contributed by atoms with Crippen molar-refractivity contribution in [2.75, 3.05) is 17.3 Å². The number of nitrogens with zero attached hydrogens (tertiary/aromatic N) is 1. The molecular weight excluding hydrogens is 238 g/mol. The molecule has 0 aliphatic rings. The van der Waals surface area contributed by atoms with E-state index < -0.39 is 0 Å². The number of anilines is 2. The highest BCUT2D eigenvalue weighted by molar-refractivity contribution is 7.99. The van der Waals surface area contributed by atoms with Gasteiger partial charge in [0.15, 0.2) is 0 Å². The zero-order valence-electron chi connectivity index (χ0n) is 9.83. The van der Waals surface area contributed by atoms with Gasteiger partial charge in [-0.05, 0) is 19.1 Å². The van der Waals surface area contributed by atoms with Crippen molar-refractivity contribution in [1.29, 1.82) is 5.26 Å². The predicted molar refractivity (Wildman–Crippen MR) is 73.2 cm³/mol. The minimum absolute atomic E-state index is 0.454. The van der Waals surface area contributed by atoms with Crippen LogP contribution in [0, 0.1) is 11.3 Å². The Bertz CT molecular complexity index is 389. The highest BCUT2D eigenvalue weighted by atomic mass is 32.2. The van der Waals surface area contributed by atoms with Crippen molar-refractivity contribution in [2.45, 2.75) is 37.6 Å². The fourth-order valence-electron chi connectivity index (χ4n) is 1.49. The predicted octanol–water partition coefficient (Wildman–Crippen LogP) is 3.52. The maximum absolute atomic E-state index is 8.94. The van der Waals surface area contributed by atoms with Crippen LogP contribution in [-0.2, 0) is 0 Å². The van der Waals surface area contributed by atoms with E-state index in [1.165, 1.54) is 11.3 Å². The molecule has 0 saturated carbocycles. The minimum Gasteiger partial charge on any atom is -0.396 e. The lowest BCUT2D eigenvalue weighted by Crippen LogP contribution is -2.16. The van der Waals surface area contributed by atoms with Gasteiger partial charge in [0.25, 0.3) is 0 Å². The zero-order valence-corrected chi connectivity index (χ0v) is 11.5. The molecule has 3 N–H and O–H groups in total. The molecule has 1 aromatic rings. The molecule has 0 saturated heterocycles. The molecule has 0 aromatic carbocycles. The Balaban J connectivity index is 3.00. The molecule has 5 heteroatoms. The quantitative estimate of drug-likeness (QED) is 0.790. The summed E-state index contributed by atoms with van der Waals surface area (Å²) in [6.07, 6.45) is 4.13. The standard InChI is InChI=1S/C11H17N3S2/c1-4-7(5-2)14-11-10(15-3)9(13)8(6-12)16-11/h7,14H,4-5,13H2,1-3H3. The van der Waals surface area contributed by atoms with Gasteiger partial charge in [-0.1, -0.05) is 13.8 Å². The molecule has 0 bridgehead atoms.